The summed E-state index contributed by atoms with van der Waals surface area (Å²) in [5.74, 6) is -0.775. The van der Waals surface area contributed by atoms with Crippen LogP contribution in [0.4, 0.5) is 8.78 Å². The van der Waals surface area contributed by atoms with Crippen molar-refractivity contribution in [2.45, 2.75) is 39.9 Å². The van der Waals surface area contributed by atoms with Crippen LogP contribution in [0, 0.1) is 25.5 Å². The molecule has 1 N–H and O–H groups in total. The lowest BCUT2D eigenvalue weighted by molar-refractivity contribution is 0.0688. The van der Waals surface area contributed by atoms with Crippen molar-refractivity contribution in [3.63, 3.8) is 0 Å². The summed E-state index contributed by atoms with van der Waals surface area (Å²) < 4.78 is 34.7. The average molecular weight is 557 g/mol. The normalized spacial score (nSPS) is 11.6. The quantitative estimate of drug-likeness (QED) is 0.353. The summed E-state index contributed by atoms with van der Waals surface area (Å²) in [7, 11) is 0. The van der Waals surface area contributed by atoms with E-state index in [1.807, 2.05) is 6.07 Å². The minimum absolute atomic E-state index is 0.00287. The third-order valence-electron chi connectivity index (χ3n) is 5.46. The molecule has 0 spiro atoms. The summed E-state index contributed by atoms with van der Waals surface area (Å²) >= 11 is 3.25. The number of hydrogen-bond acceptors (Lipinski definition) is 6. The highest BCUT2D eigenvalue weighted by Gasteiger charge is 2.21. The monoisotopic (exact) mass is 556 g/mol. The fourth-order valence-electron chi connectivity index (χ4n) is 3.57. The summed E-state index contributed by atoms with van der Waals surface area (Å²) in [6.45, 7) is 6.15. The first-order valence-electron chi connectivity index (χ1n) is 11.0. The van der Waals surface area contributed by atoms with Gasteiger partial charge in [-0.2, -0.15) is 4.98 Å². The van der Waals surface area contributed by atoms with Gasteiger partial charge in [0.25, 0.3) is 5.56 Å². The van der Waals surface area contributed by atoms with E-state index in [1.165, 1.54) is 17.6 Å². The fraction of sp³-hybridized carbons (Fsp3) is 0.231. The van der Waals surface area contributed by atoms with Crippen LogP contribution in [0.15, 0.2) is 57.9 Å². The van der Waals surface area contributed by atoms with Crippen molar-refractivity contribution < 1.29 is 18.6 Å². The summed E-state index contributed by atoms with van der Waals surface area (Å²) in [5.41, 5.74) is 0.632. The van der Waals surface area contributed by atoms with Gasteiger partial charge in [0.1, 0.15) is 34.1 Å². The maximum absolute atomic E-state index is 14.1. The molecule has 186 valence electrons. The van der Waals surface area contributed by atoms with Gasteiger partial charge in [0.2, 0.25) is 5.88 Å². The number of hydrogen-bond donors (Lipinski definition) is 1. The van der Waals surface area contributed by atoms with Gasteiger partial charge in [-0.05, 0) is 73.5 Å². The van der Waals surface area contributed by atoms with Gasteiger partial charge in [-0.15, -0.1) is 0 Å². The highest BCUT2D eigenvalue weighted by molar-refractivity contribution is 9.10. The van der Waals surface area contributed by atoms with Gasteiger partial charge in [-0.25, -0.2) is 18.7 Å². The molecule has 36 heavy (non-hydrogen) atoms. The van der Waals surface area contributed by atoms with E-state index >= 15 is 0 Å². The van der Waals surface area contributed by atoms with Crippen molar-refractivity contribution in [1.29, 1.82) is 0 Å². The van der Waals surface area contributed by atoms with Crippen LogP contribution < -0.4 is 10.3 Å². The summed E-state index contributed by atoms with van der Waals surface area (Å²) in [6.07, 6.45) is 1.56. The highest BCUT2D eigenvalue weighted by atomic mass is 79.9. The van der Waals surface area contributed by atoms with E-state index in [1.54, 1.807) is 51.2 Å². The van der Waals surface area contributed by atoms with Crippen molar-refractivity contribution >= 4 is 15.9 Å². The average Bonchev–Trinajstić information content (AvgIpc) is 2.83. The molecule has 2 aromatic carbocycles. The molecule has 4 rings (SSSR count). The zero-order valence-electron chi connectivity index (χ0n) is 20.0. The number of halogens is 3. The molecular weight excluding hydrogens is 534 g/mol. The molecule has 0 aliphatic heterocycles. The van der Waals surface area contributed by atoms with Crippen molar-refractivity contribution in [2.24, 2.45) is 0 Å². The van der Waals surface area contributed by atoms with E-state index in [-0.39, 0.29) is 33.9 Å². The predicted octanol–water partition coefficient (Wildman–Crippen LogP) is 5.15. The predicted molar refractivity (Wildman–Crippen MR) is 134 cm³/mol. The standard InChI is InChI=1S/C26H23BrF2N4O3/c1-14-10-17(20(29)12-19(14)28)13-36-23-22(27)24(34)33(15(2)31-23)18-7-5-6-16(11-18)21-8-9-30-25(32-21)26(3,4)35/h5-12,35H,13H2,1-4H3. The molecule has 0 atom stereocenters. The van der Waals surface area contributed by atoms with E-state index < -0.39 is 22.8 Å². The molecule has 0 unspecified atom stereocenters. The van der Waals surface area contributed by atoms with E-state index in [0.29, 0.717) is 22.8 Å². The third kappa shape index (κ3) is 5.19. The van der Waals surface area contributed by atoms with Gasteiger partial charge in [-0.1, -0.05) is 12.1 Å². The van der Waals surface area contributed by atoms with Crippen molar-refractivity contribution in [1.82, 2.24) is 19.5 Å². The first kappa shape index (κ1) is 25.6. The molecule has 0 amide bonds. The minimum atomic E-state index is -1.21. The summed E-state index contributed by atoms with van der Waals surface area (Å²) in [5, 5.41) is 10.2. The van der Waals surface area contributed by atoms with Crippen LogP contribution in [-0.4, -0.2) is 24.6 Å². The number of rotatable bonds is 6. The Morgan fingerprint density at radius 2 is 1.83 bits per heavy atom. The van der Waals surface area contributed by atoms with Crippen LogP contribution in [0.25, 0.3) is 16.9 Å². The van der Waals surface area contributed by atoms with E-state index in [4.69, 9.17) is 4.74 Å². The molecule has 2 aromatic heterocycles. The minimum Gasteiger partial charge on any atom is -0.472 e. The van der Waals surface area contributed by atoms with Gasteiger partial charge in [0.15, 0.2) is 5.82 Å². The van der Waals surface area contributed by atoms with Crippen LogP contribution in [-0.2, 0) is 12.2 Å². The Kier molecular flexibility index (Phi) is 7.01. The molecule has 0 saturated carbocycles. The van der Waals surface area contributed by atoms with Gasteiger partial charge in [0, 0.05) is 23.4 Å². The van der Waals surface area contributed by atoms with Gasteiger partial charge in [0.05, 0.1) is 11.4 Å². The molecule has 0 saturated heterocycles. The molecular formula is C26H23BrF2N4O3. The van der Waals surface area contributed by atoms with E-state index in [2.05, 4.69) is 30.9 Å². The van der Waals surface area contributed by atoms with Crippen LogP contribution in [0.3, 0.4) is 0 Å². The Labute approximate surface area is 214 Å². The number of aromatic nitrogens is 4. The first-order valence-corrected chi connectivity index (χ1v) is 11.8. The molecule has 7 nitrogen and oxygen atoms in total. The summed E-state index contributed by atoms with van der Waals surface area (Å²) in [4.78, 5) is 26.2. The second-order valence-electron chi connectivity index (χ2n) is 8.78. The van der Waals surface area contributed by atoms with Crippen LogP contribution in [0.5, 0.6) is 5.88 Å². The molecule has 0 fully saturated rings. The number of aliphatic hydroxyl groups is 1. The molecule has 4 aromatic rings. The smallest absolute Gasteiger partial charge is 0.276 e. The second-order valence-corrected chi connectivity index (χ2v) is 9.57. The highest BCUT2D eigenvalue weighted by Crippen LogP contribution is 2.26. The summed E-state index contributed by atoms with van der Waals surface area (Å²) in [6, 6.07) is 11.0. The van der Waals surface area contributed by atoms with Crippen LogP contribution in [0.2, 0.25) is 0 Å². The Morgan fingerprint density at radius 1 is 1.08 bits per heavy atom. The van der Waals surface area contributed by atoms with Gasteiger partial charge in [-0.3, -0.25) is 9.36 Å². The van der Waals surface area contributed by atoms with Crippen LogP contribution in [0.1, 0.15) is 36.6 Å². The maximum Gasteiger partial charge on any atom is 0.276 e. The number of nitrogens with zero attached hydrogens (tertiary/aromatic N) is 4. The van der Waals surface area contributed by atoms with Gasteiger partial charge < -0.3 is 9.84 Å². The van der Waals surface area contributed by atoms with E-state index in [0.717, 1.165) is 6.07 Å². The molecule has 10 heteroatoms. The zero-order valence-corrected chi connectivity index (χ0v) is 21.6. The molecule has 0 aliphatic carbocycles. The zero-order chi connectivity index (χ0) is 26.2. The molecule has 0 aliphatic rings. The Balaban J connectivity index is 1.67. The van der Waals surface area contributed by atoms with Crippen molar-refractivity contribution in [2.75, 3.05) is 0 Å². The molecule has 0 radical (unpaired) electrons. The fourth-order valence-corrected chi connectivity index (χ4v) is 3.96. The SMILES string of the molecule is Cc1cc(COc2nc(C)n(-c3cccc(-c4ccnc(C(C)(C)O)n4)c3)c(=O)c2Br)c(F)cc1F. The molecule has 0 bridgehead atoms. The van der Waals surface area contributed by atoms with Crippen molar-refractivity contribution in [3.8, 4) is 22.8 Å². The third-order valence-corrected chi connectivity index (χ3v) is 6.14. The Bertz CT molecular complexity index is 1520. The van der Waals surface area contributed by atoms with Crippen molar-refractivity contribution in [3.05, 3.63) is 97.9 Å². The Hall–Kier alpha value is -3.50. The maximum atomic E-state index is 14.1. The number of benzene rings is 2. The second kappa shape index (κ2) is 9.87. The molecule has 2 heterocycles. The lowest BCUT2D eigenvalue weighted by Gasteiger charge is -2.16. The largest absolute Gasteiger partial charge is 0.472 e. The van der Waals surface area contributed by atoms with Crippen LogP contribution >= 0.6 is 15.9 Å². The lowest BCUT2D eigenvalue weighted by Crippen LogP contribution is -2.24. The Morgan fingerprint density at radius 3 is 2.56 bits per heavy atom. The van der Waals surface area contributed by atoms with Gasteiger partial charge >= 0.3 is 0 Å². The topological polar surface area (TPSA) is 90.1 Å². The first-order chi connectivity index (χ1) is 17.0. The lowest BCUT2D eigenvalue weighted by atomic mass is 10.1. The number of ether oxygens (including phenoxy) is 1. The van der Waals surface area contributed by atoms with E-state index in [9.17, 15) is 18.7 Å². The number of aryl methyl sites for hydroxylation is 2.